The van der Waals surface area contributed by atoms with Crippen LogP contribution >= 0.6 is 0 Å². The zero-order chi connectivity index (χ0) is 10.7. The van der Waals surface area contributed by atoms with Crippen molar-refractivity contribution in [2.24, 2.45) is 40.9 Å². The van der Waals surface area contributed by atoms with Gasteiger partial charge in [-0.15, -0.1) is 0 Å². The Morgan fingerprint density at radius 1 is 0.875 bits per heavy atom. The minimum Gasteiger partial charge on any atom is -0.0591 e. The highest BCUT2D eigenvalue weighted by Gasteiger charge is 2.70. The average molecular weight is 214 g/mol. The Morgan fingerprint density at radius 3 is 2.12 bits per heavy atom. The third-order valence-corrected chi connectivity index (χ3v) is 7.92. The number of hydrogen-bond acceptors (Lipinski definition) is 0. The van der Waals surface area contributed by atoms with E-state index in [0.717, 1.165) is 28.5 Å². The maximum absolute atomic E-state index is 2.69. The Balaban J connectivity index is 1.73. The highest BCUT2D eigenvalue weighted by Crippen LogP contribution is 2.79. The molecule has 0 aromatic rings. The quantitative estimate of drug-likeness (QED) is 0.544. The minimum absolute atomic E-state index is 0.774. The van der Waals surface area contributed by atoms with Crippen LogP contribution in [0.3, 0.4) is 0 Å². The Morgan fingerprint density at radius 2 is 1.50 bits per heavy atom. The number of rotatable bonds is 0. The maximum Gasteiger partial charge on any atom is 0.109 e. The van der Waals surface area contributed by atoms with Crippen LogP contribution in [0.25, 0.3) is 0 Å². The lowest BCUT2D eigenvalue weighted by atomic mass is 9.26. The molecule has 86 valence electrons. The third kappa shape index (κ3) is 0.764. The molecule has 0 heterocycles. The van der Waals surface area contributed by atoms with Crippen molar-refractivity contribution in [3.05, 3.63) is 0 Å². The lowest BCUT2D eigenvalue weighted by molar-refractivity contribution is -0.244. The predicted octanol–water partition coefficient (Wildman–Crippen LogP) is 2.89. The molecule has 0 amide bonds. The van der Waals surface area contributed by atoms with Crippen molar-refractivity contribution in [2.75, 3.05) is 0 Å². The molecule has 0 aromatic carbocycles. The SMILES string of the molecule is BC12CC3C4CC5CC3C(C1)C(C)(C5)C4C2. The summed E-state index contributed by atoms with van der Waals surface area (Å²) in [6, 6.07) is 0. The Kier molecular flexibility index (Phi) is 1.30. The first-order valence-electron chi connectivity index (χ1n) is 7.59. The molecule has 16 heavy (non-hydrogen) atoms. The van der Waals surface area contributed by atoms with E-state index in [2.05, 4.69) is 14.8 Å². The molecule has 4 unspecified atom stereocenters. The van der Waals surface area contributed by atoms with E-state index >= 15 is 0 Å². The van der Waals surface area contributed by atoms with E-state index in [1.54, 1.807) is 38.5 Å². The van der Waals surface area contributed by atoms with Crippen LogP contribution < -0.4 is 0 Å². The molecule has 0 aromatic heterocycles. The molecule has 7 fully saturated rings. The van der Waals surface area contributed by atoms with Crippen molar-refractivity contribution in [3.8, 4) is 0 Å². The summed E-state index contributed by atoms with van der Waals surface area (Å²) >= 11 is 0. The maximum atomic E-state index is 2.69. The summed E-state index contributed by atoms with van der Waals surface area (Å²) in [5.41, 5.74) is 0.799. The third-order valence-electron chi connectivity index (χ3n) is 7.92. The summed E-state index contributed by atoms with van der Waals surface area (Å²) < 4.78 is 0. The smallest absolute Gasteiger partial charge is 0.0591 e. The van der Waals surface area contributed by atoms with Crippen LogP contribution in [0.1, 0.15) is 45.4 Å². The van der Waals surface area contributed by atoms with Gasteiger partial charge in [0.1, 0.15) is 7.85 Å². The zero-order valence-electron chi connectivity index (χ0n) is 10.7. The van der Waals surface area contributed by atoms with Gasteiger partial charge in [0.2, 0.25) is 0 Å². The van der Waals surface area contributed by atoms with Crippen LogP contribution in [0.2, 0.25) is 5.31 Å². The molecule has 0 aliphatic heterocycles. The summed E-state index contributed by atoms with van der Waals surface area (Å²) in [6.45, 7) is 2.69. The summed E-state index contributed by atoms with van der Waals surface area (Å²) in [6.07, 6.45) is 9.67. The van der Waals surface area contributed by atoms with Crippen molar-refractivity contribution < 1.29 is 0 Å². The normalized spacial score (nSPS) is 73.8. The summed E-state index contributed by atoms with van der Waals surface area (Å²) in [5.74, 6) is 6.95. The fourth-order valence-corrected chi connectivity index (χ4v) is 7.76. The van der Waals surface area contributed by atoms with E-state index in [1.165, 1.54) is 17.8 Å². The van der Waals surface area contributed by atoms with Crippen molar-refractivity contribution in [1.82, 2.24) is 0 Å². The molecule has 7 aliphatic rings. The first-order chi connectivity index (χ1) is 7.59. The first-order valence-corrected chi connectivity index (χ1v) is 7.59. The second kappa shape index (κ2) is 2.29. The topological polar surface area (TPSA) is 0 Å². The minimum atomic E-state index is 0.774. The highest BCUT2D eigenvalue weighted by molar-refractivity contribution is 6.15. The molecule has 0 spiro atoms. The molecule has 4 atom stereocenters. The van der Waals surface area contributed by atoms with E-state index in [0.29, 0.717) is 0 Å². The molecule has 1 heteroatoms. The second-order valence-corrected chi connectivity index (χ2v) is 8.67. The van der Waals surface area contributed by atoms with E-state index < -0.39 is 0 Å². The second-order valence-electron chi connectivity index (χ2n) is 8.67. The van der Waals surface area contributed by atoms with Crippen LogP contribution in [-0.4, -0.2) is 7.85 Å². The largest absolute Gasteiger partial charge is 0.109 e. The highest BCUT2D eigenvalue weighted by atomic mass is 14.7. The van der Waals surface area contributed by atoms with Crippen LogP contribution in [-0.2, 0) is 0 Å². The molecule has 0 N–H and O–H groups in total. The monoisotopic (exact) mass is 214 g/mol. The van der Waals surface area contributed by atoms with Crippen LogP contribution in [0, 0.1) is 40.9 Å². The fourth-order valence-electron chi connectivity index (χ4n) is 7.76. The van der Waals surface area contributed by atoms with Crippen molar-refractivity contribution in [1.29, 1.82) is 0 Å². The molecule has 0 radical (unpaired) electrons. The molecule has 8 bridgehead atoms. The molecule has 7 saturated carbocycles. The van der Waals surface area contributed by atoms with Crippen LogP contribution in [0.15, 0.2) is 0 Å². The van der Waals surface area contributed by atoms with Crippen molar-refractivity contribution >= 4 is 7.85 Å². The van der Waals surface area contributed by atoms with Crippen LogP contribution in [0.4, 0.5) is 0 Å². The van der Waals surface area contributed by atoms with Gasteiger partial charge in [0.25, 0.3) is 0 Å². The van der Waals surface area contributed by atoms with Crippen molar-refractivity contribution in [3.63, 3.8) is 0 Å². The van der Waals surface area contributed by atoms with Gasteiger partial charge in [-0.3, -0.25) is 0 Å². The fraction of sp³-hybridized carbons (Fsp3) is 1.00. The lowest BCUT2D eigenvalue weighted by Crippen LogP contribution is -2.67. The van der Waals surface area contributed by atoms with Gasteiger partial charge >= 0.3 is 0 Å². The Bertz CT molecular complexity index is 350. The molecule has 0 saturated heterocycles. The van der Waals surface area contributed by atoms with Gasteiger partial charge in [0, 0.05) is 0 Å². The van der Waals surface area contributed by atoms with Gasteiger partial charge in [0.05, 0.1) is 0 Å². The molecule has 7 aliphatic carbocycles. The Hall–Kier alpha value is 0.0649. The van der Waals surface area contributed by atoms with E-state index in [-0.39, 0.29) is 0 Å². The van der Waals surface area contributed by atoms with E-state index in [4.69, 9.17) is 0 Å². The standard InChI is InChI=1S/C15H23B/c1-14-4-8-2-9-11-5-15(16,6-12(9)14)7-13(14)10(11)3-8/h8-13H,2-7,16H2,1H3. The zero-order valence-corrected chi connectivity index (χ0v) is 10.7. The average Bonchev–Trinajstić information content (AvgIpc) is 2.24. The van der Waals surface area contributed by atoms with E-state index in [9.17, 15) is 0 Å². The van der Waals surface area contributed by atoms with Gasteiger partial charge in [-0.25, -0.2) is 0 Å². The Labute approximate surface area is 100.0 Å². The van der Waals surface area contributed by atoms with Crippen LogP contribution in [0.5, 0.6) is 0 Å². The van der Waals surface area contributed by atoms with Gasteiger partial charge in [-0.1, -0.05) is 31.5 Å². The molecular formula is C15H23B. The lowest BCUT2D eigenvalue weighted by Gasteiger charge is -2.76. The van der Waals surface area contributed by atoms with Gasteiger partial charge in [-0.2, -0.15) is 0 Å². The van der Waals surface area contributed by atoms with Gasteiger partial charge in [-0.05, 0) is 60.2 Å². The molecule has 0 nitrogen and oxygen atoms in total. The van der Waals surface area contributed by atoms with Gasteiger partial charge < -0.3 is 0 Å². The number of hydrogen-bond donors (Lipinski definition) is 0. The van der Waals surface area contributed by atoms with E-state index in [1.807, 2.05) is 0 Å². The first kappa shape index (κ1) is 9.06. The van der Waals surface area contributed by atoms with Gasteiger partial charge in [0.15, 0.2) is 0 Å². The summed E-state index contributed by atoms with van der Waals surface area (Å²) in [4.78, 5) is 0. The summed E-state index contributed by atoms with van der Waals surface area (Å²) in [5, 5.41) is 0.774. The molecular weight excluding hydrogens is 191 g/mol. The summed E-state index contributed by atoms with van der Waals surface area (Å²) in [7, 11) is 2.62. The predicted molar refractivity (Wildman–Crippen MR) is 68.0 cm³/mol. The molecule has 7 rings (SSSR count). The van der Waals surface area contributed by atoms with Crippen molar-refractivity contribution in [2.45, 2.75) is 50.8 Å².